The van der Waals surface area contributed by atoms with Gasteiger partial charge in [0.1, 0.15) is 6.61 Å². The lowest BCUT2D eigenvalue weighted by Crippen LogP contribution is -2.20. The van der Waals surface area contributed by atoms with Gasteiger partial charge in [0.15, 0.2) is 11.5 Å². The zero-order chi connectivity index (χ0) is 20.6. The van der Waals surface area contributed by atoms with Crippen molar-refractivity contribution < 1.29 is 14.6 Å². The van der Waals surface area contributed by atoms with Gasteiger partial charge in [0.2, 0.25) is 5.16 Å². The Balaban J connectivity index is 1.57. The Labute approximate surface area is 178 Å². The number of thioether (sulfide) groups is 1. The van der Waals surface area contributed by atoms with E-state index >= 15 is 0 Å². The van der Waals surface area contributed by atoms with Crippen molar-refractivity contribution in [2.75, 3.05) is 19.5 Å². The van der Waals surface area contributed by atoms with Crippen LogP contribution in [0.4, 0.5) is 0 Å². The molecule has 2 aromatic carbocycles. The number of ether oxygens (including phenoxy) is 2. The van der Waals surface area contributed by atoms with E-state index < -0.39 is 6.10 Å². The van der Waals surface area contributed by atoms with E-state index in [1.165, 1.54) is 11.8 Å². The molecule has 0 aliphatic rings. The van der Waals surface area contributed by atoms with Crippen LogP contribution in [0.3, 0.4) is 0 Å². The molecule has 0 aliphatic heterocycles. The van der Waals surface area contributed by atoms with Crippen LogP contribution in [0, 0.1) is 0 Å². The summed E-state index contributed by atoms with van der Waals surface area (Å²) in [4.78, 5) is 0. The van der Waals surface area contributed by atoms with Crippen LogP contribution in [0.25, 0.3) is 11.8 Å². The average Bonchev–Trinajstić information content (AvgIpc) is 3.20. The van der Waals surface area contributed by atoms with Crippen molar-refractivity contribution in [1.82, 2.24) is 20.2 Å². The molecular weight excluding hydrogens is 412 g/mol. The zero-order valence-electron chi connectivity index (χ0n) is 16.0. The Hall–Kier alpha value is -2.55. The highest BCUT2D eigenvalue weighted by Gasteiger charge is 2.14. The minimum Gasteiger partial charge on any atom is -0.493 e. The number of hydrogen-bond donors (Lipinski definition) is 1. The molecule has 3 rings (SSSR count). The van der Waals surface area contributed by atoms with Gasteiger partial charge in [-0.25, -0.2) is 0 Å². The smallest absolute Gasteiger partial charge is 0.214 e. The van der Waals surface area contributed by atoms with Gasteiger partial charge in [0.25, 0.3) is 0 Å². The monoisotopic (exact) mass is 432 g/mol. The first-order valence-corrected chi connectivity index (χ1v) is 10.3. The number of aromatic nitrogens is 4. The third-order valence-corrected chi connectivity index (χ3v) is 5.21. The van der Waals surface area contributed by atoms with Crippen LogP contribution >= 0.6 is 23.4 Å². The van der Waals surface area contributed by atoms with Crippen LogP contribution in [-0.2, 0) is 0 Å². The van der Waals surface area contributed by atoms with E-state index in [1.807, 2.05) is 49.4 Å². The predicted octanol–water partition coefficient (Wildman–Crippen LogP) is 3.89. The molecule has 29 heavy (non-hydrogen) atoms. The highest BCUT2D eigenvalue weighted by molar-refractivity contribution is 7.99. The molecule has 1 N–H and O–H groups in total. The number of hydrogen-bond acceptors (Lipinski definition) is 7. The van der Waals surface area contributed by atoms with Crippen LogP contribution in [0.5, 0.6) is 11.5 Å². The molecule has 0 aliphatic carbocycles. The third-order valence-electron chi connectivity index (χ3n) is 3.89. The molecule has 3 aromatic rings. The summed E-state index contributed by atoms with van der Waals surface area (Å²) in [5.74, 6) is 1.57. The molecule has 0 radical (unpaired) electrons. The Bertz CT molecular complexity index is 963. The van der Waals surface area contributed by atoms with Gasteiger partial charge in [-0.2, -0.15) is 4.68 Å². The van der Waals surface area contributed by atoms with Crippen molar-refractivity contribution in [3.63, 3.8) is 0 Å². The van der Waals surface area contributed by atoms with Gasteiger partial charge in [-0.05, 0) is 59.3 Å². The fourth-order valence-electron chi connectivity index (χ4n) is 2.52. The molecule has 0 saturated carbocycles. The lowest BCUT2D eigenvalue weighted by atomic mass is 10.2. The number of benzene rings is 2. The first-order chi connectivity index (χ1) is 14.1. The SMILES string of the molecule is C/C=C/c1ccc(OCC(O)CSc2nnnn2-c2ccc(Cl)cc2)c(OC)c1. The fourth-order valence-corrected chi connectivity index (χ4v) is 3.44. The Morgan fingerprint density at radius 1 is 1.21 bits per heavy atom. The molecule has 1 unspecified atom stereocenters. The number of allylic oxidation sites excluding steroid dienone is 1. The first kappa shape index (κ1) is 21.2. The topological polar surface area (TPSA) is 82.3 Å². The van der Waals surface area contributed by atoms with E-state index in [-0.39, 0.29) is 6.61 Å². The molecule has 0 bridgehead atoms. The molecule has 0 spiro atoms. The number of methoxy groups -OCH3 is 1. The van der Waals surface area contributed by atoms with E-state index in [2.05, 4.69) is 15.5 Å². The minimum atomic E-state index is -0.713. The molecule has 0 fully saturated rings. The van der Waals surface area contributed by atoms with Crippen molar-refractivity contribution in [2.24, 2.45) is 0 Å². The van der Waals surface area contributed by atoms with E-state index in [9.17, 15) is 5.11 Å². The third kappa shape index (κ3) is 5.72. The number of halogens is 1. The number of rotatable bonds is 9. The van der Waals surface area contributed by atoms with E-state index in [0.29, 0.717) is 27.4 Å². The fraction of sp³-hybridized carbons (Fsp3) is 0.250. The molecule has 9 heteroatoms. The highest BCUT2D eigenvalue weighted by Crippen LogP contribution is 2.29. The average molecular weight is 433 g/mol. The molecule has 0 amide bonds. The van der Waals surface area contributed by atoms with Crippen LogP contribution in [-0.4, -0.2) is 50.9 Å². The highest BCUT2D eigenvalue weighted by atomic mass is 35.5. The van der Waals surface area contributed by atoms with Gasteiger partial charge in [0, 0.05) is 10.8 Å². The van der Waals surface area contributed by atoms with Crippen molar-refractivity contribution in [1.29, 1.82) is 0 Å². The number of aliphatic hydroxyl groups excluding tert-OH is 1. The van der Waals surface area contributed by atoms with Crippen LogP contribution in [0.1, 0.15) is 12.5 Å². The molecule has 7 nitrogen and oxygen atoms in total. The Kier molecular flexibility index (Phi) is 7.51. The van der Waals surface area contributed by atoms with Gasteiger partial charge < -0.3 is 14.6 Å². The van der Waals surface area contributed by atoms with Crippen molar-refractivity contribution in [3.05, 3.63) is 59.1 Å². The molecule has 152 valence electrons. The molecular formula is C20H21ClN4O3S. The largest absolute Gasteiger partial charge is 0.493 e. The van der Waals surface area contributed by atoms with E-state index in [1.54, 1.807) is 23.9 Å². The summed E-state index contributed by atoms with van der Waals surface area (Å²) in [6.45, 7) is 2.07. The summed E-state index contributed by atoms with van der Waals surface area (Å²) in [6.07, 6.45) is 3.21. The normalized spacial score (nSPS) is 12.3. The lowest BCUT2D eigenvalue weighted by Gasteiger charge is -2.14. The summed E-state index contributed by atoms with van der Waals surface area (Å²) in [7, 11) is 1.59. The van der Waals surface area contributed by atoms with Gasteiger partial charge in [-0.1, -0.05) is 41.6 Å². The molecule has 1 heterocycles. The molecule has 1 atom stereocenters. The van der Waals surface area contributed by atoms with E-state index in [4.69, 9.17) is 21.1 Å². The predicted molar refractivity (Wildman–Crippen MR) is 114 cm³/mol. The standard InChI is InChI=1S/C20H21ClN4O3S/c1-3-4-14-5-10-18(19(11-14)27-2)28-12-17(26)13-29-20-22-23-24-25(20)16-8-6-15(21)7-9-16/h3-11,17,26H,12-13H2,1-2H3/b4-3+. The van der Waals surface area contributed by atoms with Crippen LogP contribution in [0.2, 0.25) is 5.02 Å². The molecule has 1 aromatic heterocycles. The van der Waals surface area contributed by atoms with Crippen LogP contribution < -0.4 is 9.47 Å². The van der Waals surface area contributed by atoms with E-state index in [0.717, 1.165) is 11.3 Å². The van der Waals surface area contributed by atoms with Crippen molar-refractivity contribution in [3.8, 4) is 17.2 Å². The van der Waals surface area contributed by atoms with Crippen molar-refractivity contribution >= 4 is 29.4 Å². The Morgan fingerprint density at radius 3 is 2.72 bits per heavy atom. The zero-order valence-corrected chi connectivity index (χ0v) is 17.6. The maximum absolute atomic E-state index is 10.3. The first-order valence-electron chi connectivity index (χ1n) is 8.89. The second-order valence-corrected chi connectivity index (χ2v) is 7.46. The summed E-state index contributed by atoms with van der Waals surface area (Å²) < 4.78 is 12.7. The number of tetrazole rings is 1. The second-order valence-electron chi connectivity index (χ2n) is 6.04. The maximum atomic E-state index is 10.3. The summed E-state index contributed by atoms with van der Waals surface area (Å²) in [5, 5.41) is 23.2. The van der Waals surface area contributed by atoms with Gasteiger partial charge >= 0.3 is 0 Å². The quantitative estimate of drug-likeness (QED) is 0.513. The summed E-state index contributed by atoms with van der Waals surface area (Å²) in [6, 6.07) is 12.8. The number of nitrogens with zero attached hydrogens (tertiary/aromatic N) is 4. The second kappa shape index (κ2) is 10.3. The summed E-state index contributed by atoms with van der Waals surface area (Å²) in [5.41, 5.74) is 1.81. The minimum absolute atomic E-state index is 0.120. The summed E-state index contributed by atoms with van der Waals surface area (Å²) >= 11 is 7.26. The molecule has 0 saturated heterocycles. The van der Waals surface area contributed by atoms with Gasteiger partial charge in [0.05, 0.1) is 18.9 Å². The maximum Gasteiger partial charge on any atom is 0.214 e. The van der Waals surface area contributed by atoms with Gasteiger partial charge in [-0.15, -0.1) is 5.10 Å². The lowest BCUT2D eigenvalue weighted by molar-refractivity contribution is 0.124. The Morgan fingerprint density at radius 2 is 2.00 bits per heavy atom. The van der Waals surface area contributed by atoms with Crippen molar-refractivity contribution in [2.45, 2.75) is 18.2 Å². The number of aliphatic hydroxyl groups is 1. The van der Waals surface area contributed by atoms with Gasteiger partial charge in [-0.3, -0.25) is 0 Å². The van der Waals surface area contributed by atoms with Crippen LogP contribution in [0.15, 0.2) is 53.7 Å².